The quantitative estimate of drug-likeness (QED) is 0.800. The zero-order valence-electron chi connectivity index (χ0n) is 12.9. The average Bonchev–Trinajstić information content (AvgIpc) is 2.35. The summed E-state index contributed by atoms with van der Waals surface area (Å²) in [6.45, 7) is 7.97. The van der Waals surface area contributed by atoms with Crippen molar-refractivity contribution in [2.24, 2.45) is 5.41 Å². The van der Waals surface area contributed by atoms with Crippen molar-refractivity contribution in [3.8, 4) is 0 Å². The highest BCUT2D eigenvalue weighted by Gasteiger charge is 2.36. The first-order valence-corrected chi connectivity index (χ1v) is 7.60. The van der Waals surface area contributed by atoms with Crippen LogP contribution in [0, 0.1) is 5.41 Å². The van der Waals surface area contributed by atoms with E-state index in [4.69, 9.17) is 16.3 Å². The van der Waals surface area contributed by atoms with Crippen molar-refractivity contribution in [2.75, 3.05) is 6.61 Å². The molecule has 1 heterocycles. The minimum atomic E-state index is -0.507. The monoisotopic (exact) mass is 309 g/mol. The molecule has 1 aliphatic rings. The fourth-order valence-corrected chi connectivity index (χ4v) is 3.17. The van der Waals surface area contributed by atoms with E-state index in [2.05, 4.69) is 4.98 Å². The van der Waals surface area contributed by atoms with Crippen molar-refractivity contribution in [1.82, 2.24) is 4.98 Å². The van der Waals surface area contributed by atoms with Gasteiger partial charge in [0.2, 0.25) is 0 Å². The molecule has 114 valence electrons. The van der Waals surface area contributed by atoms with Crippen molar-refractivity contribution < 1.29 is 14.3 Å². The summed E-state index contributed by atoms with van der Waals surface area (Å²) in [5.74, 6) is -0.556. The number of nitrogens with zero attached hydrogens (tertiary/aromatic N) is 1. The predicted octanol–water partition coefficient (Wildman–Crippen LogP) is 3.63. The van der Waals surface area contributed by atoms with E-state index in [0.717, 1.165) is 0 Å². The van der Waals surface area contributed by atoms with Gasteiger partial charge in [-0.25, -0.2) is 4.79 Å². The minimum Gasteiger partial charge on any atom is -0.462 e. The molecule has 1 aromatic heterocycles. The van der Waals surface area contributed by atoms with E-state index in [9.17, 15) is 9.59 Å². The van der Waals surface area contributed by atoms with Crippen molar-refractivity contribution >= 4 is 23.4 Å². The molecule has 0 unspecified atom stereocenters. The molecule has 0 amide bonds. The Kier molecular flexibility index (Phi) is 4.38. The molecular formula is C16H20ClNO3. The Balaban J connectivity index is 2.64. The SMILES string of the molecule is CCOC(=O)c1c(CC)nc2c(c1Cl)C(=O)CC(C)(C)C2. The standard InChI is InChI=1S/C16H20ClNO3/c1-5-9-13(15(20)21-6-2)14(17)12-10(18-9)7-16(3,4)8-11(12)19/h5-8H2,1-4H3. The largest absolute Gasteiger partial charge is 0.462 e. The summed E-state index contributed by atoms with van der Waals surface area (Å²) in [5, 5.41) is 0.204. The van der Waals surface area contributed by atoms with Crippen LogP contribution in [0.2, 0.25) is 5.02 Å². The lowest BCUT2D eigenvalue weighted by atomic mass is 9.75. The third-order valence-corrected chi connectivity index (χ3v) is 4.04. The van der Waals surface area contributed by atoms with Gasteiger partial charge in [0, 0.05) is 6.42 Å². The van der Waals surface area contributed by atoms with E-state index in [0.29, 0.717) is 36.2 Å². The number of fused-ring (bicyclic) bond motifs is 1. The van der Waals surface area contributed by atoms with Crippen LogP contribution >= 0.6 is 11.6 Å². The number of ether oxygens (including phenoxy) is 1. The number of hydrogen-bond donors (Lipinski definition) is 0. The van der Waals surface area contributed by atoms with Gasteiger partial charge >= 0.3 is 5.97 Å². The summed E-state index contributed by atoms with van der Waals surface area (Å²) in [6, 6.07) is 0. The molecule has 0 fully saturated rings. The first-order chi connectivity index (χ1) is 9.80. The molecule has 5 heteroatoms. The minimum absolute atomic E-state index is 0.0491. The molecule has 21 heavy (non-hydrogen) atoms. The summed E-state index contributed by atoms with van der Waals surface area (Å²) in [7, 11) is 0. The number of aromatic nitrogens is 1. The van der Waals surface area contributed by atoms with Crippen molar-refractivity contribution in [1.29, 1.82) is 0 Å². The second kappa shape index (κ2) is 5.76. The first-order valence-electron chi connectivity index (χ1n) is 7.22. The predicted molar refractivity (Wildman–Crippen MR) is 81.0 cm³/mol. The molecular weight excluding hydrogens is 290 g/mol. The summed E-state index contributed by atoms with van der Waals surface area (Å²) in [6.07, 6.45) is 1.66. The molecule has 4 nitrogen and oxygen atoms in total. The second-order valence-electron chi connectivity index (χ2n) is 6.08. The van der Waals surface area contributed by atoms with Crippen LogP contribution in [0.25, 0.3) is 0 Å². The molecule has 0 saturated carbocycles. The van der Waals surface area contributed by atoms with Crippen molar-refractivity contribution in [3.05, 3.63) is 27.5 Å². The van der Waals surface area contributed by atoms with Crippen LogP contribution in [0.4, 0.5) is 0 Å². The van der Waals surface area contributed by atoms with Crippen molar-refractivity contribution in [3.63, 3.8) is 0 Å². The van der Waals surface area contributed by atoms with E-state index in [1.807, 2.05) is 20.8 Å². The molecule has 0 saturated heterocycles. The Bertz CT molecular complexity index is 608. The number of Topliss-reactive ketones (excluding diaryl/α,β-unsaturated/α-hetero) is 1. The molecule has 0 radical (unpaired) electrons. The third kappa shape index (κ3) is 2.95. The fraction of sp³-hybridized carbons (Fsp3) is 0.562. The lowest BCUT2D eigenvalue weighted by Gasteiger charge is -2.30. The van der Waals surface area contributed by atoms with E-state index < -0.39 is 5.97 Å². The van der Waals surface area contributed by atoms with Crippen LogP contribution < -0.4 is 0 Å². The number of carbonyl (C=O) groups excluding carboxylic acids is 2. The van der Waals surface area contributed by atoms with Gasteiger partial charge in [0.15, 0.2) is 5.78 Å². The van der Waals surface area contributed by atoms with E-state index >= 15 is 0 Å². The fourth-order valence-electron chi connectivity index (χ4n) is 2.77. The van der Waals surface area contributed by atoms with Crippen molar-refractivity contribution in [2.45, 2.75) is 47.0 Å². The van der Waals surface area contributed by atoms with Gasteiger partial charge in [-0.2, -0.15) is 0 Å². The molecule has 0 bridgehead atoms. The highest BCUT2D eigenvalue weighted by molar-refractivity contribution is 6.37. The summed E-state index contributed by atoms with van der Waals surface area (Å²) in [4.78, 5) is 29.0. The molecule has 0 N–H and O–H groups in total. The van der Waals surface area contributed by atoms with Crippen LogP contribution in [-0.2, 0) is 17.6 Å². The molecule has 1 aromatic rings. The zero-order chi connectivity index (χ0) is 15.8. The van der Waals surface area contributed by atoms with E-state index in [1.54, 1.807) is 6.92 Å². The smallest absolute Gasteiger partial charge is 0.341 e. The van der Waals surface area contributed by atoms with Crippen LogP contribution in [0.15, 0.2) is 0 Å². The lowest BCUT2D eigenvalue weighted by molar-refractivity contribution is 0.0524. The van der Waals surface area contributed by atoms with Gasteiger partial charge in [-0.3, -0.25) is 9.78 Å². The number of ketones is 1. The first kappa shape index (κ1) is 16.0. The zero-order valence-corrected chi connectivity index (χ0v) is 13.6. The highest BCUT2D eigenvalue weighted by atomic mass is 35.5. The van der Waals surface area contributed by atoms with Gasteiger partial charge in [0.25, 0.3) is 0 Å². The maximum absolute atomic E-state index is 12.4. The third-order valence-electron chi connectivity index (χ3n) is 3.66. The normalized spacial score (nSPS) is 16.5. The summed E-state index contributed by atoms with van der Waals surface area (Å²) >= 11 is 6.37. The van der Waals surface area contributed by atoms with Gasteiger partial charge in [0.1, 0.15) is 5.56 Å². The molecule has 0 spiro atoms. The van der Waals surface area contributed by atoms with E-state index in [1.165, 1.54) is 0 Å². The second-order valence-corrected chi connectivity index (χ2v) is 6.46. The topological polar surface area (TPSA) is 56.3 Å². The molecule has 0 aliphatic heterocycles. The average molecular weight is 310 g/mol. The molecule has 2 rings (SSSR count). The van der Waals surface area contributed by atoms with E-state index in [-0.39, 0.29) is 28.4 Å². The lowest BCUT2D eigenvalue weighted by Crippen LogP contribution is -2.29. The van der Waals surface area contributed by atoms with Crippen LogP contribution in [0.3, 0.4) is 0 Å². The number of hydrogen-bond acceptors (Lipinski definition) is 4. The Morgan fingerprint density at radius 2 is 2.00 bits per heavy atom. The summed E-state index contributed by atoms with van der Waals surface area (Å²) in [5.41, 5.74) is 1.81. The number of aryl methyl sites for hydroxylation is 1. The maximum Gasteiger partial charge on any atom is 0.341 e. The molecule has 0 aromatic carbocycles. The number of carbonyl (C=O) groups is 2. The maximum atomic E-state index is 12.4. The number of pyridine rings is 1. The van der Waals surface area contributed by atoms with Crippen LogP contribution in [0.5, 0.6) is 0 Å². The Hall–Kier alpha value is -1.42. The number of rotatable bonds is 3. The number of halogens is 1. The van der Waals surface area contributed by atoms with Crippen LogP contribution in [0.1, 0.15) is 66.2 Å². The van der Waals surface area contributed by atoms with Gasteiger partial charge in [0.05, 0.1) is 28.6 Å². The Labute approximate surface area is 129 Å². The van der Waals surface area contributed by atoms with Gasteiger partial charge in [-0.15, -0.1) is 0 Å². The van der Waals surface area contributed by atoms with Gasteiger partial charge < -0.3 is 4.74 Å². The highest BCUT2D eigenvalue weighted by Crippen LogP contribution is 2.38. The number of esters is 1. The Morgan fingerprint density at radius 3 is 2.57 bits per heavy atom. The molecule has 1 aliphatic carbocycles. The summed E-state index contributed by atoms with van der Waals surface area (Å²) < 4.78 is 5.04. The Morgan fingerprint density at radius 1 is 1.33 bits per heavy atom. The molecule has 0 atom stereocenters. The van der Waals surface area contributed by atoms with Gasteiger partial charge in [-0.1, -0.05) is 32.4 Å². The van der Waals surface area contributed by atoms with Gasteiger partial charge in [-0.05, 0) is 25.2 Å². The van der Waals surface area contributed by atoms with Crippen LogP contribution in [-0.4, -0.2) is 23.3 Å².